The van der Waals surface area contributed by atoms with Gasteiger partial charge in [-0.3, -0.25) is 48.3 Å². The van der Waals surface area contributed by atoms with E-state index in [1.807, 2.05) is 0 Å². The highest BCUT2D eigenvalue weighted by molar-refractivity contribution is 5.83. The van der Waals surface area contributed by atoms with E-state index >= 15 is 0 Å². The number of hydrogen-bond donors (Lipinski definition) is 11. The summed E-state index contributed by atoms with van der Waals surface area (Å²) < 4.78 is 0. The van der Waals surface area contributed by atoms with E-state index in [9.17, 15) is 84.3 Å². The van der Waals surface area contributed by atoms with E-state index in [2.05, 4.69) is 31.4 Å². The predicted octanol–water partition coefficient (Wildman–Crippen LogP) is 0.698. The van der Waals surface area contributed by atoms with E-state index < -0.39 is 104 Å². The Labute approximate surface area is 402 Å². The van der Waals surface area contributed by atoms with Crippen molar-refractivity contribution in [2.75, 3.05) is 58.9 Å². The molecule has 11 N–H and O–H groups in total. The van der Waals surface area contributed by atoms with Gasteiger partial charge < -0.3 is 56.6 Å². The second-order valence-corrected chi connectivity index (χ2v) is 20.8. The maximum absolute atomic E-state index is 13.2. The molecule has 2 amide bonds. The van der Waals surface area contributed by atoms with Crippen molar-refractivity contribution in [2.24, 2.45) is 46.3 Å². The fourth-order valence-electron chi connectivity index (χ4n) is 12.9. The molecule has 0 bridgehead atoms. The molecule has 0 aliphatic heterocycles. The van der Waals surface area contributed by atoms with Crippen molar-refractivity contribution in [2.45, 2.75) is 141 Å². The molecule has 0 spiro atoms. The van der Waals surface area contributed by atoms with Crippen molar-refractivity contribution in [3.63, 3.8) is 0 Å². The summed E-state index contributed by atoms with van der Waals surface area (Å²) in [5, 5.41) is 96.2. The molecule has 4 aliphatic rings. The summed E-state index contributed by atoms with van der Waals surface area (Å²) in [7, 11) is 0. The van der Waals surface area contributed by atoms with Crippen LogP contribution < -0.4 is 10.6 Å². The largest absolute Gasteiger partial charge is 0.480 e. The molecular weight excluding hydrogens is 907 g/mol. The quantitative estimate of drug-likeness (QED) is 0.0441. The van der Waals surface area contributed by atoms with Crippen LogP contribution in [0.1, 0.15) is 111 Å². The van der Waals surface area contributed by atoms with Gasteiger partial charge in [-0.15, -0.1) is 0 Å². The van der Waals surface area contributed by atoms with Crippen LogP contribution in [0, 0.1) is 46.3 Å². The number of unbranched alkanes of at least 4 members (excludes halogenated alkanes) is 1. The fraction of sp³-hybridized carbons (Fsp3) is 0.830. The summed E-state index contributed by atoms with van der Waals surface area (Å²) in [5.74, 6) is -8.18. The van der Waals surface area contributed by atoms with Crippen molar-refractivity contribution in [1.29, 1.82) is 0 Å². The van der Waals surface area contributed by atoms with Gasteiger partial charge in [-0.25, -0.2) is 4.79 Å². The third-order valence-corrected chi connectivity index (χ3v) is 16.4. The van der Waals surface area contributed by atoms with Crippen LogP contribution in [0.3, 0.4) is 0 Å². The number of nitrogens with one attached hydrogen (secondary N) is 2. The van der Waals surface area contributed by atoms with E-state index in [0.29, 0.717) is 38.5 Å². The monoisotopic (exact) mass is 984 g/mol. The topological polar surface area (TPSA) is 352 Å². The van der Waals surface area contributed by atoms with Gasteiger partial charge in [0, 0.05) is 45.6 Å². The number of aliphatic hydroxyl groups excluding tert-OH is 3. The van der Waals surface area contributed by atoms with E-state index in [0.717, 1.165) is 35.5 Å². The zero-order valence-corrected chi connectivity index (χ0v) is 40.2. The highest BCUT2D eigenvalue weighted by Gasteiger charge is 2.65. The van der Waals surface area contributed by atoms with Gasteiger partial charge in [-0.2, -0.15) is 0 Å². The molecule has 4 rings (SSSR count). The number of fused-ring (bicyclic) bond motifs is 5. The number of aliphatic carboxylic acids is 6. The zero-order valence-electron chi connectivity index (χ0n) is 40.2. The molecule has 4 fully saturated rings. The van der Waals surface area contributed by atoms with E-state index in [-0.39, 0.29) is 105 Å². The fourth-order valence-corrected chi connectivity index (χ4v) is 12.9. The Hall–Kier alpha value is -4.48. The average molecular weight is 984 g/mol. The summed E-state index contributed by atoms with van der Waals surface area (Å²) in [4.78, 5) is 99.5. The first-order valence-corrected chi connectivity index (χ1v) is 24.5. The number of carbonyl (C=O) groups excluding carboxylic acids is 2. The van der Waals surface area contributed by atoms with Crippen LogP contribution in [0.5, 0.6) is 0 Å². The number of amides is 2. The van der Waals surface area contributed by atoms with Gasteiger partial charge in [0.15, 0.2) is 0 Å². The number of hydrogen-bond acceptors (Lipinski definition) is 14. The molecule has 392 valence electrons. The van der Waals surface area contributed by atoms with Gasteiger partial charge >= 0.3 is 35.8 Å². The summed E-state index contributed by atoms with van der Waals surface area (Å²) >= 11 is 0. The third-order valence-electron chi connectivity index (χ3n) is 16.4. The number of carboxylic acids is 6. The van der Waals surface area contributed by atoms with Crippen molar-refractivity contribution in [1.82, 2.24) is 25.3 Å². The molecule has 22 heteroatoms. The Kier molecular flexibility index (Phi) is 21.2. The lowest BCUT2D eigenvalue weighted by atomic mass is 9.43. The van der Waals surface area contributed by atoms with Gasteiger partial charge in [0.05, 0.1) is 44.5 Å². The minimum atomic E-state index is -1.40. The van der Waals surface area contributed by atoms with Gasteiger partial charge in [0.25, 0.3) is 0 Å². The number of aliphatic hydroxyl groups is 3. The van der Waals surface area contributed by atoms with Gasteiger partial charge in [0.2, 0.25) is 11.8 Å². The lowest BCUT2D eigenvalue weighted by Gasteiger charge is -2.63. The molecule has 0 aromatic rings. The zero-order chi connectivity index (χ0) is 51.4. The lowest BCUT2D eigenvalue weighted by molar-refractivity contribution is -0.207. The van der Waals surface area contributed by atoms with Crippen molar-refractivity contribution in [3.05, 3.63) is 0 Å². The number of carboxylic acid groups (broad SMARTS) is 6. The Balaban J connectivity index is 1.25. The van der Waals surface area contributed by atoms with Crippen LogP contribution in [0.4, 0.5) is 0 Å². The molecule has 0 aromatic carbocycles. The molecule has 13 atom stereocenters. The second-order valence-electron chi connectivity index (χ2n) is 20.8. The van der Waals surface area contributed by atoms with E-state index in [1.165, 1.54) is 4.90 Å². The summed E-state index contributed by atoms with van der Waals surface area (Å²) in [5.41, 5.74) is -0.486. The predicted molar refractivity (Wildman–Crippen MR) is 244 cm³/mol. The van der Waals surface area contributed by atoms with Crippen LogP contribution >= 0.6 is 0 Å². The van der Waals surface area contributed by atoms with Crippen molar-refractivity contribution >= 4 is 47.6 Å². The van der Waals surface area contributed by atoms with Crippen molar-refractivity contribution < 1.29 is 84.3 Å². The number of rotatable bonds is 30. The Morgan fingerprint density at radius 1 is 0.638 bits per heavy atom. The maximum atomic E-state index is 13.2. The van der Waals surface area contributed by atoms with E-state index in [4.69, 9.17) is 0 Å². The first-order chi connectivity index (χ1) is 32.4. The maximum Gasteiger partial charge on any atom is 0.326 e. The average Bonchev–Trinajstić information content (AvgIpc) is 3.60. The molecule has 0 heterocycles. The van der Waals surface area contributed by atoms with Gasteiger partial charge in [-0.1, -0.05) is 20.8 Å². The highest BCUT2D eigenvalue weighted by Crippen LogP contribution is 2.68. The molecule has 0 aromatic heterocycles. The minimum Gasteiger partial charge on any atom is -0.480 e. The second kappa shape index (κ2) is 25.6. The molecular formula is C47H77N5O17. The molecule has 3 unspecified atom stereocenters. The van der Waals surface area contributed by atoms with Crippen LogP contribution in [0.25, 0.3) is 0 Å². The molecule has 0 saturated heterocycles. The molecule has 0 radical (unpaired) electrons. The van der Waals surface area contributed by atoms with Crippen LogP contribution in [-0.2, 0) is 38.4 Å². The standard InChI is InChI=1S/C47H77N5O17/c1-27(30-8-9-31-43-32(22-36(55)47(30,31)3)46(2)14-13-29(53)20-28(46)21-35(43)54)7-11-38(57)49-33(44(66)67)6-4-5-15-48-37(56)12-10-34(45(68)69)52(18-16-50(23-39(58)59)24-40(60)61)19-17-51(25-41(62)63)26-42(64)65/h27-36,43,53-55H,4-26H2,1-3H3,(H,48,56)(H,49,57)(H,58,59)(H,60,61)(H,62,63)(H,64,65)(H,66,67)(H,68,69)/t27-,28+,29-,30-,31?,32?,33+,34+,35-,36+,43?,46+,47-/m1/s1. The Morgan fingerprint density at radius 2 is 1.20 bits per heavy atom. The third kappa shape index (κ3) is 15.5. The van der Waals surface area contributed by atoms with Crippen molar-refractivity contribution in [3.8, 4) is 0 Å². The summed E-state index contributed by atoms with van der Waals surface area (Å²) in [6.45, 7) is 2.96. The normalized spacial score (nSPS) is 29.8. The first-order valence-electron chi connectivity index (χ1n) is 24.5. The number of carbonyl (C=O) groups is 8. The summed E-state index contributed by atoms with van der Waals surface area (Å²) in [6.07, 6.45) is 4.57. The van der Waals surface area contributed by atoms with Crippen LogP contribution in [0.2, 0.25) is 0 Å². The first kappa shape index (κ1) is 57.1. The SMILES string of the molecule is C[C@H](CCC(=O)N[C@@H](CCCCNC(=O)CC[C@@H](C(=O)O)N(CCN(CC(=O)O)CC(=O)O)CCN(CC(=O)O)CC(=O)O)C(=O)O)[C@H]1CCC2C3C(C[C@H](O)[C@@]21C)[C@@]1(C)CC[C@@H](O)C[C@H]1C[C@H]3O. The van der Waals surface area contributed by atoms with Gasteiger partial charge in [0.1, 0.15) is 12.1 Å². The van der Waals surface area contributed by atoms with Crippen LogP contribution in [0.15, 0.2) is 0 Å². The van der Waals surface area contributed by atoms with Gasteiger partial charge in [-0.05, 0) is 123 Å². The molecule has 22 nitrogen and oxygen atoms in total. The minimum absolute atomic E-state index is 0.0437. The van der Waals surface area contributed by atoms with E-state index in [1.54, 1.807) is 0 Å². The Bertz CT molecular complexity index is 1750. The molecule has 69 heavy (non-hydrogen) atoms. The highest BCUT2D eigenvalue weighted by atomic mass is 16.4. The summed E-state index contributed by atoms with van der Waals surface area (Å²) in [6, 6.07) is -2.58. The smallest absolute Gasteiger partial charge is 0.326 e. The Morgan fingerprint density at radius 3 is 1.74 bits per heavy atom. The number of nitrogens with zero attached hydrogens (tertiary/aromatic N) is 3. The lowest BCUT2D eigenvalue weighted by Crippen LogP contribution is -2.62. The molecule has 4 aliphatic carbocycles. The molecule has 4 saturated carbocycles. The van der Waals surface area contributed by atoms with Crippen LogP contribution in [-0.4, -0.2) is 198 Å².